The molecule has 7 heteroatoms. The Morgan fingerprint density at radius 1 is 1.29 bits per heavy atom. The summed E-state index contributed by atoms with van der Waals surface area (Å²) in [6.45, 7) is 4.73. The molecular formula is C14H15ClN6. The number of anilines is 3. The van der Waals surface area contributed by atoms with Crippen LogP contribution in [0.2, 0.25) is 5.02 Å². The van der Waals surface area contributed by atoms with Crippen LogP contribution >= 0.6 is 11.6 Å². The fourth-order valence-corrected chi connectivity index (χ4v) is 2.35. The van der Waals surface area contributed by atoms with Crippen molar-refractivity contribution in [2.75, 3.05) is 17.2 Å². The zero-order valence-corrected chi connectivity index (χ0v) is 12.5. The molecule has 0 aliphatic carbocycles. The molecule has 6 nitrogen and oxygen atoms in total. The maximum atomic E-state index is 6.26. The molecule has 0 amide bonds. The number of H-pyrrole nitrogens is 1. The number of aromatic amines is 1. The van der Waals surface area contributed by atoms with Crippen molar-refractivity contribution >= 4 is 40.1 Å². The standard InChI is InChI=1S/C14H15ClN6/c1-3-16-14-19-12(9-7-17-21-13(9)20-14)18-11-8(2)5-4-6-10(11)15/h4-7H,3H2,1-2H3,(H3,16,17,18,19,20,21). The second-order valence-electron chi connectivity index (χ2n) is 4.62. The fourth-order valence-electron chi connectivity index (χ4n) is 2.08. The van der Waals surface area contributed by atoms with Crippen LogP contribution in [0.3, 0.4) is 0 Å². The Balaban J connectivity index is 2.09. The molecular weight excluding hydrogens is 288 g/mol. The lowest BCUT2D eigenvalue weighted by Gasteiger charge is -2.12. The normalized spacial score (nSPS) is 10.8. The van der Waals surface area contributed by atoms with E-state index >= 15 is 0 Å². The van der Waals surface area contributed by atoms with Gasteiger partial charge >= 0.3 is 0 Å². The highest BCUT2D eigenvalue weighted by Crippen LogP contribution is 2.30. The minimum Gasteiger partial charge on any atom is -0.354 e. The molecule has 0 aliphatic rings. The second-order valence-corrected chi connectivity index (χ2v) is 5.02. The summed E-state index contributed by atoms with van der Waals surface area (Å²) in [7, 11) is 0. The number of hydrogen-bond donors (Lipinski definition) is 3. The highest BCUT2D eigenvalue weighted by atomic mass is 35.5. The summed E-state index contributed by atoms with van der Waals surface area (Å²) in [6, 6.07) is 5.75. The van der Waals surface area contributed by atoms with Crippen molar-refractivity contribution in [2.45, 2.75) is 13.8 Å². The van der Waals surface area contributed by atoms with Crippen LogP contribution in [0.5, 0.6) is 0 Å². The van der Waals surface area contributed by atoms with Crippen molar-refractivity contribution in [2.24, 2.45) is 0 Å². The summed E-state index contributed by atoms with van der Waals surface area (Å²) in [5, 5.41) is 14.7. The number of nitrogens with zero attached hydrogens (tertiary/aromatic N) is 3. The van der Waals surface area contributed by atoms with Crippen LogP contribution in [0.25, 0.3) is 11.0 Å². The Kier molecular flexibility index (Phi) is 3.62. The zero-order valence-electron chi connectivity index (χ0n) is 11.7. The summed E-state index contributed by atoms with van der Waals surface area (Å²) in [4.78, 5) is 8.85. The van der Waals surface area contributed by atoms with Crippen molar-refractivity contribution in [3.63, 3.8) is 0 Å². The van der Waals surface area contributed by atoms with E-state index < -0.39 is 0 Å². The molecule has 2 heterocycles. The van der Waals surface area contributed by atoms with Gasteiger partial charge in [0, 0.05) is 6.54 Å². The van der Waals surface area contributed by atoms with E-state index in [2.05, 4.69) is 30.8 Å². The Bertz CT molecular complexity index is 762. The van der Waals surface area contributed by atoms with Gasteiger partial charge in [0.15, 0.2) is 5.65 Å². The minimum atomic E-state index is 0.543. The van der Waals surface area contributed by atoms with E-state index in [-0.39, 0.29) is 0 Å². The maximum Gasteiger partial charge on any atom is 0.226 e. The third-order valence-corrected chi connectivity index (χ3v) is 3.42. The van der Waals surface area contributed by atoms with Crippen LogP contribution in [-0.2, 0) is 0 Å². The number of fused-ring (bicyclic) bond motifs is 1. The molecule has 0 fully saturated rings. The van der Waals surface area contributed by atoms with E-state index in [0.29, 0.717) is 22.4 Å². The molecule has 0 aliphatic heterocycles. The smallest absolute Gasteiger partial charge is 0.226 e. The molecule has 0 radical (unpaired) electrons. The molecule has 3 aromatic rings. The maximum absolute atomic E-state index is 6.26. The van der Waals surface area contributed by atoms with Crippen LogP contribution in [0.15, 0.2) is 24.4 Å². The number of halogens is 1. The van der Waals surface area contributed by atoms with Gasteiger partial charge in [-0.05, 0) is 25.5 Å². The molecule has 2 aromatic heterocycles. The van der Waals surface area contributed by atoms with Crippen molar-refractivity contribution in [1.29, 1.82) is 0 Å². The van der Waals surface area contributed by atoms with Crippen LogP contribution in [-0.4, -0.2) is 26.7 Å². The lowest BCUT2D eigenvalue weighted by Crippen LogP contribution is -2.05. The van der Waals surface area contributed by atoms with Gasteiger partial charge in [-0.3, -0.25) is 5.10 Å². The topological polar surface area (TPSA) is 78.5 Å². The molecule has 21 heavy (non-hydrogen) atoms. The second kappa shape index (κ2) is 5.57. The third kappa shape index (κ3) is 2.62. The number of aryl methyl sites for hydroxylation is 1. The van der Waals surface area contributed by atoms with Gasteiger partial charge < -0.3 is 10.6 Å². The monoisotopic (exact) mass is 302 g/mol. The lowest BCUT2D eigenvalue weighted by molar-refractivity contribution is 1.07. The van der Waals surface area contributed by atoms with Crippen molar-refractivity contribution < 1.29 is 0 Å². The van der Waals surface area contributed by atoms with Gasteiger partial charge in [0.05, 0.1) is 22.3 Å². The molecule has 1 aromatic carbocycles. The highest BCUT2D eigenvalue weighted by molar-refractivity contribution is 6.33. The van der Waals surface area contributed by atoms with Gasteiger partial charge in [-0.2, -0.15) is 15.1 Å². The van der Waals surface area contributed by atoms with Crippen molar-refractivity contribution in [3.8, 4) is 0 Å². The number of aromatic nitrogens is 4. The van der Waals surface area contributed by atoms with E-state index in [1.165, 1.54) is 0 Å². The first-order valence-electron chi connectivity index (χ1n) is 6.66. The van der Waals surface area contributed by atoms with E-state index in [1.54, 1.807) is 6.20 Å². The number of benzene rings is 1. The van der Waals surface area contributed by atoms with E-state index in [9.17, 15) is 0 Å². The molecule has 0 saturated heterocycles. The number of nitrogens with one attached hydrogen (secondary N) is 3. The predicted molar refractivity (Wildman–Crippen MR) is 85.3 cm³/mol. The van der Waals surface area contributed by atoms with Gasteiger partial charge in [0.25, 0.3) is 0 Å². The summed E-state index contributed by atoms with van der Waals surface area (Å²) >= 11 is 6.26. The minimum absolute atomic E-state index is 0.543. The molecule has 0 atom stereocenters. The van der Waals surface area contributed by atoms with Crippen LogP contribution < -0.4 is 10.6 Å². The fraction of sp³-hybridized carbons (Fsp3) is 0.214. The first-order chi connectivity index (χ1) is 10.2. The predicted octanol–water partition coefficient (Wildman–Crippen LogP) is 3.49. The zero-order chi connectivity index (χ0) is 14.8. The Morgan fingerprint density at radius 3 is 2.90 bits per heavy atom. The Morgan fingerprint density at radius 2 is 2.14 bits per heavy atom. The summed E-state index contributed by atoms with van der Waals surface area (Å²) in [5.41, 5.74) is 2.55. The van der Waals surface area contributed by atoms with E-state index in [4.69, 9.17) is 11.6 Å². The number of rotatable bonds is 4. The Labute approximate surface area is 127 Å². The molecule has 0 spiro atoms. The van der Waals surface area contributed by atoms with Crippen LogP contribution in [0.4, 0.5) is 17.5 Å². The van der Waals surface area contributed by atoms with Gasteiger partial charge in [0.2, 0.25) is 5.95 Å². The number of para-hydroxylation sites is 1. The van der Waals surface area contributed by atoms with E-state index in [1.807, 2.05) is 32.0 Å². The molecule has 108 valence electrons. The van der Waals surface area contributed by atoms with E-state index in [0.717, 1.165) is 23.2 Å². The molecule has 3 rings (SSSR count). The first kappa shape index (κ1) is 13.6. The third-order valence-electron chi connectivity index (χ3n) is 3.11. The Hall–Kier alpha value is -2.34. The summed E-state index contributed by atoms with van der Waals surface area (Å²) in [6.07, 6.45) is 1.69. The molecule has 0 unspecified atom stereocenters. The SMILES string of the molecule is CCNc1nc(Nc2c(C)cccc2Cl)c2cn[nH]c2n1. The average Bonchev–Trinajstić information content (AvgIpc) is 2.92. The van der Waals surface area contributed by atoms with Crippen molar-refractivity contribution in [1.82, 2.24) is 20.2 Å². The molecule has 3 N–H and O–H groups in total. The number of hydrogen-bond acceptors (Lipinski definition) is 5. The summed E-state index contributed by atoms with van der Waals surface area (Å²) in [5.74, 6) is 1.21. The summed E-state index contributed by atoms with van der Waals surface area (Å²) < 4.78 is 0. The van der Waals surface area contributed by atoms with Crippen molar-refractivity contribution in [3.05, 3.63) is 35.0 Å². The van der Waals surface area contributed by atoms with Gasteiger partial charge in [-0.15, -0.1) is 0 Å². The first-order valence-corrected chi connectivity index (χ1v) is 7.04. The molecule has 0 saturated carbocycles. The average molecular weight is 303 g/mol. The van der Waals surface area contributed by atoms with Gasteiger partial charge in [-0.25, -0.2) is 0 Å². The van der Waals surface area contributed by atoms with Gasteiger partial charge in [-0.1, -0.05) is 23.7 Å². The van der Waals surface area contributed by atoms with Gasteiger partial charge in [0.1, 0.15) is 5.82 Å². The van der Waals surface area contributed by atoms with Crippen LogP contribution in [0.1, 0.15) is 12.5 Å². The van der Waals surface area contributed by atoms with Crippen LogP contribution in [0, 0.1) is 6.92 Å². The molecule has 0 bridgehead atoms. The largest absolute Gasteiger partial charge is 0.354 e. The lowest BCUT2D eigenvalue weighted by atomic mass is 10.2. The quantitative estimate of drug-likeness (QED) is 0.687. The highest BCUT2D eigenvalue weighted by Gasteiger charge is 2.12.